The molecule has 532 valence electrons. The second-order valence-corrected chi connectivity index (χ2v) is 24.9. The van der Waals surface area contributed by atoms with Gasteiger partial charge >= 0.3 is 52.0 Å². The molecule has 44 nitrogen and oxygen atoms in total. The second kappa shape index (κ2) is 37.6. The fourth-order valence-corrected chi connectivity index (χ4v) is 9.03. The van der Waals surface area contributed by atoms with E-state index in [-0.39, 0.29) is 26.3 Å². The molecule has 0 spiro atoms. The van der Waals surface area contributed by atoms with Crippen LogP contribution in [0.3, 0.4) is 0 Å². The van der Waals surface area contributed by atoms with Gasteiger partial charge in [-0.25, -0.2) is 0 Å². The van der Waals surface area contributed by atoms with Crippen LogP contribution in [0.5, 0.6) is 0 Å². The molecule has 34 N–H and O–H groups in total. The quantitative estimate of drug-likeness (QED) is 0.0718. The molecule has 89 heavy (non-hydrogen) atoms. The number of aliphatic hydroxyl groups excluding tert-OH is 4. The third-order valence-electron chi connectivity index (χ3n) is 12.7. The van der Waals surface area contributed by atoms with Gasteiger partial charge in [-0.1, -0.05) is 13.8 Å². The fourth-order valence-electron chi connectivity index (χ4n) is 9.03. The minimum absolute atomic E-state index is 0.0666. The molecular formula is C40H88N10O34S5. The van der Waals surface area contributed by atoms with Crippen LogP contribution in [0.4, 0.5) is 0 Å². The van der Waals surface area contributed by atoms with Gasteiger partial charge in [0.05, 0.1) is 50.5 Å². The van der Waals surface area contributed by atoms with Crippen molar-refractivity contribution in [3.05, 3.63) is 23.7 Å². The van der Waals surface area contributed by atoms with Crippen LogP contribution in [0, 0.1) is 0 Å². The monoisotopic (exact) mass is 1410 g/mol. The van der Waals surface area contributed by atoms with Crippen molar-refractivity contribution in [1.29, 1.82) is 0 Å². The van der Waals surface area contributed by atoms with Crippen LogP contribution in [-0.2, 0) is 89.9 Å². The Morgan fingerprint density at radius 3 is 0.888 bits per heavy atom. The first-order valence-corrected chi connectivity index (χ1v) is 32.8. The zero-order valence-electron chi connectivity index (χ0n) is 47.9. The summed E-state index contributed by atoms with van der Waals surface area (Å²) in [6.07, 6.45) is -7.11. The van der Waals surface area contributed by atoms with Gasteiger partial charge in [0.1, 0.15) is 71.6 Å². The molecule has 49 heteroatoms. The third-order valence-corrected chi connectivity index (χ3v) is 12.7. The van der Waals surface area contributed by atoms with E-state index in [2.05, 4.69) is 10.6 Å². The summed E-state index contributed by atoms with van der Waals surface area (Å²) in [4.78, 5) is 0. The van der Waals surface area contributed by atoms with Crippen molar-refractivity contribution < 1.29 is 156 Å². The Hall–Kier alpha value is -2.45. The van der Waals surface area contributed by atoms with Gasteiger partial charge in [0.25, 0.3) is 0 Å². The topological polar surface area (TPSA) is 800 Å². The lowest BCUT2D eigenvalue weighted by Crippen LogP contribution is -2.69. The molecule has 0 aromatic heterocycles. The maximum atomic E-state index is 11.1. The van der Waals surface area contributed by atoms with E-state index in [0.29, 0.717) is 50.3 Å². The second-order valence-electron chi connectivity index (χ2n) is 20.4. The zero-order chi connectivity index (χ0) is 69.8. The maximum absolute atomic E-state index is 11.1. The number of likely N-dealkylation sites (N-methyl/N-ethyl adjacent to an activating group) is 2. The van der Waals surface area contributed by atoms with Crippen molar-refractivity contribution in [2.24, 2.45) is 45.9 Å². The molecule has 2 aliphatic carbocycles. The first-order chi connectivity index (χ1) is 40.2. The highest BCUT2D eigenvalue weighted by Crippen LogP contribution is 2.34. The highest BCUT2D eigenvalue weighted by molar-refractivity contribution is 7.80. The summed E-state index contributed by atoms with van der Waals surface area (Å²) in [6.45, 7) is 8.20. The zero-order valence-corrected chi connectivity index (χ0v) is 52.0. The number of ether oxygens (including phenoxy) is 8. The third kappa shape index (κ3) is 35.6. The summed E-state index contributed by atoms with van der Waals surface area (Å²) in [6, 6.07) is -4.71. The molecule has 0 aromatic rings. The van der Waals surface area contributed by atoms with Crippen LogP contribution in [0.25, 0.3) is 0 Å². The van der Waals surface area contributed by atoms with E-state index in [1.807, 2.05) is 13.8 Å². The molecular weight excluding hydrogens is 1320 g/mol. The largest absolute Gasteiger partial charge is 0.467 e. The van der Waals surface area contributed by atoms with Gasteiger partial charge in [-0.15, -0.1) is 0 Å². The molecule has 0 amide bonds. The minimum atomic E-state index is -4.67. The fraction of sp³-hybridized carbons (Fsp3) is 0.900. The van der Waals surface area contributed by atoms with Crippen LogP contribution in [0.15, 0.2) is 23.7 Å². The van der Waals surface area contributed by atoms with Gasteiger partial charge in [0.15, 0.2) is 12.6 Å². The van der Waals surface area contributed by atoms with E-state index >= 15 is 0 Å². The van der Waals surface area contributed by atoms with Gasteiger partial charge in [0.2, 0.25) is 12.6 Å². The summed E-state index contributed by atoms with van der Waals surface area (Å²) in [5.41, 5.74) is 45.8. The van der Waals surface area contributed by atoms with E-state index < -0.39 is 186 Å². The first-order valence-electron chi connectivity index (χ1n) is 25.8. The summed E-state index contributed by atoms with van der Waals surface area (Å²) < 4.78 is 204. The van der Waals surface area contributed by atoms with Crippen molar-refractivity contribution in [3.8, 4) is 0 Å². The molecule has 22 atom stereocenters. The van der Waals surface area contributed by atoms with Crippen molar-refractivity contribution in [2.45, 2.75) is 187 Å². The lowest BCUT2D eigenvalue weighted by molar-refractivity contribution is -0.303. The number of hydrogen-bond acceptors (Lipinski definition) is 34. The lowest BCUT2D eigenvalue weighted by atomic mass is 9.84. The predicted molar refractivity (Wildman–Crippen MR) is 300 cm³/mol. The van der Waals surface area contributed by atoms with Crippen LogP contribution in [-0.4, -0.2) is 291 Å². The van der Waals surface area contributed by atoms with E-state index in [1.54, 1.807) is 26.0 Å². The van der Waals surface area contributed by atoms with E-state index in [9.17, 15) is 30.6 Å². The Bertz CT molecular complexity index is 2420. The maximum Gasteiger partial charge on any atom is 0.394 e. The SMILES string of the molecule is CCN[C@@H]1[C@@H](O)C(O[C@@H]2[C@@H](O)[C@H](O[C@H]3OC(CN)=CC[C@H]3N)[C@@H](N)C[C@H]2N)OC[C@]1(C)O.CCN[C@@H]1[C@@H](O)C(O[C@@H]2[C@@H](O)[C@H](O[C@H]3OC(CN)=CC[C@H]3N)[C@@H](N)C[C@H]2N)OC[C@]1(C)O.O=S(=O)(O)O.O=S(=O)(O)O.O=S(=O)(O)O.O=S(=O)(O)O.O=S(=O)(O)O. The molecule has 2 unspecified atom stereocenters. The molecule has 6 rings (SSSR count). The van der Waals surface area contributed by atoms with Crippen LogP contribution >= 0.6 is 0 Å². The Labute approximate surface area is 512 Å². The number of aliphatic hydroxyl groups is 6. The standard InChI is InChI=1S/2C20H39N5O7.5H2O4S/c2*1-3-25-17-14(27)19(29-8-20(17,2)28)32-16-12(24)6-11(23)15(13(16)26)31-18-10(22)5-4-9(7-21)30-18;5*1-5(2,3)4/h2*4,10-19,25-28H,3,5-8,21-24H2,1-2H3;5*(H2,1,2,3,4)/t2*10-,11+,12-,13+,14-,15-,16+,17-,18-,19?,20+;;;;;/m11...../s1. The summed E-state index contributed by atoms with van der Waals surface area (Å²) in [5, 5.41) is 70.8. The van der Waals surface area contributed by atoms with Crippen LogP contribution in [0.1, 0.15) is 53.4 Å². The van der Waals surface area contributed by atoms with E-state index in [1.165, 1.54) is 0 Å². The summed E-state index contributed by atoms with van der Waals surface area (Å²) in [7, 11) is -23.3. The van der Waals surface area contributed by atoms with Crippen molar-refractivity contribution >= 4 is 52.0 Å². The van der Waals surface area contributed by atoms with Gasteiger partial charge < -0.3 is 125 Å². The normalized spacial score (nSPS) is 37.5. The molecule has 4 aliphatic heterocycles. The van der Waals surface area contributed by atoms with Crippen molar-refractivity contribution in [3.63, 3.8) is 0 Å². The Morgan fingerprint density at radius 1 is 0.449 bits per heavy atom. The molecule has 0 bridgehead atoms. The first kappa shape index (κ1) is 86.5. The van der Waals surface area contributed by atoms with Crippen LogP contribution in [0.2, 0.25) is 0 Å². The lowest BCUT2D eigenvalue weighted by Gasteiger charge is -2.48. The van der Waals surface area contributed by atoms with Gasteiger partial charge in [-0.2, -0.15) is 42.1 Å². The Morgan fingerprint density at radius 2 is 0.674 bits per heavy atom. The molecule has 4 heterocycles. The van der Waals surface area contributed by atoms with Crippen molar-refractivity contribution in [1.82, 2.24) is 10.6 Å². The Balaban J connectivity index is 0.00000126. The Kier molecular flexibility index (Phi) is 36.6. The van der Waals surface area contributed by atoms with Gasteiger partial charge in [-0.05, 0) is 64.8 Å². The molecule has 0 aromatic carbocycles. The minimum Gasteiger partial charge on any atom is -0.467 e. The highest BCUT2D eigenvalue weighted by Gasteiger charge is 2.53. The molecule has 2 saturated heterocycles. The summed E-state index contributed by atoms with van der Waals surface area (Å²) >= 11 is 0. The smallest absolute Gasteiger partial charge is 0.394 e. The molecule has 4 fully saturated rings. The van der Waals surface area contributed by atoms with Crippen molar-refractivity contribution in [2.75, 3.05) is 39.4 Å². The molecule has 0 radical (unpaired) electrons. The number of hydrogen-bond donors (Lipinski definition) is 26. The molecule has 2 saturated carbocycles. The number of nitrogens with two attached hydrogens (primary N) is 8. The number of rotatable bonds is 14. The van der Waals surface area contributed by atoms with Gasteiger partial charge in [0, 0.05) is 24.2 Å². The summed E-state index contributed by atoms with van der Waals surface area (Å²) in [5.74, 6) is 1.11. The predicted octanol–water partition coefficient (Wildman–Crippen LogP) is -10.2. The molecule has 6 aliphatic rings. The highest BCUT2D eigenvalue weighted by atomic mass is 32.3. The average Bonchev–Trinajstić information content (AvgIpc) is 1.08. The number of nitrogens with one attached hydrogen (secondary N) is 2. The van der Waals surface area contributed by atoms with E-state index in [0.717, 1.165) is 0 Å². The van der Waals surface area contributed by atoms with Crippen LogP contribution < -0.4 is 56.5 Å². The average molecular weight is 1410 g/mol. The van der Waals surface area contributed by atoms with E-state index in [4.69, 9.17) is 171 Å². The van der Waals surface area contributed by atoms with Gasteiger partial charge in [-0.3, -0.25) is 45.5 Å².